The van der Waals surface area contributed by atoms with Crippen LogP contribution in [0.15, 0.2) is 59.6 Å². The first-order valence-electron chi connectivity index (χ1n) is 7.33. The first-order chi connectivity index (χ1) is 11.1. The zero-order chi connectivity index (χ0) is 16.4. The Balaban J connectivity index is 1.91. The molecule has 1 aliphatic rings. The van der Waals surface area contributed by atoms with Gasteiger partial charge in [0.1, 0.15) is 5.69 Å². The number of nitrogens with zero attached hydrogens (tertiary/aromatic N) is 3. The molecule has 4 nitrogen and oxygen atoms in total. The highest BCUT2D eigenvalue weighted by Crippen LogP contribution is 2.21. The van der Waals surface area contributed by atoms with Gasteiger partial charge in [-0.05, 0) is 18.2 Å². The van der Waals surface area contributed by atoms with Crippen LogP contribution in [0.3, 0.4) is 0 Å². The van der Waals surface area contributed by atoms with E-state index in [1.807, 2.05) is 67.2 Å². The third-order valence-electron chi connectivity index (χ3n) is 3.92. The van der Waals surface area contributed by atoms with Gasteiger partial charge in [-0.25, -0.2) is 0 Å². The Morgan fingerprint density at radius 2 is 1.78 bits per heavy atom. The van der Waals surface area contributed by atoms with E-state index >= 15 is 0 Å². The molecule has 0 unspecified atom stereocenters. The van der Waals surface area contributed by atoms with Crippen molar-refractivity contribution in [2.75, 3.05) is 12.1 Å². The van der Waals surface area contributed by atoms with Crippen LogP contribution in [-0.2, 0) is 4.79 Å². The molecule has 2 aromatic rings. The van der Waals surface area contributed by atoms with Crippen LogP contribution in [0.1, 0.15) is 12.5 Å². The van der Waals surface area contributed by atoms with Crippen molar-refractivity contribution in [3.8, 4) is 0 Å². The van der Waals surface area contributed by atoms with Gasteiger partial charge in [0.15, 0.2) is 7.05 Å². The summed E-state index contributed by atoms with van der Waals surface area (Å²) in [5.41, 5.74) is 2.51. The monoisotopic (exact) mass is 326 g/mol. The third kappa shape index (κ3) is 2.90. The van der Waals surface area contributed by atoms with Crippen LogP contribution in [0.2, 0.25) is 5.02 Å². The van der Waals surface area contributed by atoms with Gasteiger partial charge in [-0.15, -0.1) is 4.68 Å². The Kier molecular flexibility index (Phi) is 4.26. The third-order valence-corrected chi connectivity index (χ3v) is 4.26. The number of amides is 1. The van der Waals surface area contributed by atoms with Crippen LogP contribution in [0.25, 0.3) is 0 Å². The van der Waals surface area contributed by atoms with Crippen molar-refractivity contribution in [1.82, 2.24) is 0 Å². The number of para-hydroxylation sites is 1. The Labute approximate surface area is 140 Å². The number of hydrazone groups is 1. The van der Waals surface area contributed by atoms with Crippen molar-refractivity contribution in [1.29, 1.82) is 0 Å². The molecule has 0 bridgehead atoms. The molecule has 0 spiro atoms. The molecular weight excluding hydrogens is 310 g/mol. The minimum Gasteiger partial charge on any atom is -0.268 e. The Morgan fingerprint density at radius 3 is 2.48 bits per heavy atom. The van der Waals surface area contributed by atoms with Crippen LogP contribution >= 0.6 is 11.6 Å². The van der Waals surface area contributed by atoms with Crippen LogP contribution in [0.5, 0.6) is 0 Å². The largest absolute Gasteiger partial charge is 0.318 e. The lowest BCUT2D eigenvalue weighted by Gasteiger charge is -2.10. The maximum atomic E-state index is 12.7. The number of hydrogen-bond donors (Lipinski definition) is 0. The van der Waals surface area contributed by atoms with Gasteiger partial charge in [-0.2, -0.15) is 0 Å². The zero-order valence-electron chi connectivity index (χ0n) is 13.0. The zero-order valence-corrected chi connectivity index (χ0v) is 13.7. The molecule has 0 saturated heterocycles. The van der Waals surface area contributed by atoms with Crippen molar-refractivity contribution in [2.24, 2.45) is 4.99 Å². The van der Waals surface area contributed by atoms with Crippen molar-refractivity contribution in [2.45, 2.75) is 13.0 Å². The van der Waals surface area contributed by atoms with E-state index in [4.69, 9.17) is 11.6 Å². The highest BCUT2D eigenvalue weighted by atomic mass is 35.5. The van der Waals surface area contributed by atoms with Gasteiger partial charge < -0.3 is 0 Å². The summed E-state index contributed by atoms with van der Waals surface area (Å²) in [7, 11) is 1.87. The van der Waals surface area contributed by atoms with E-state index in [9.17, 15) is 4.79 Å². The van der Waals surface area contributed by atoms with Gasteiger partial charge in [0, 0.05) is 23.7 Å². The van der Waals surface area contributed by atoms with Gasteiger partial charge in [-0.3, -0.25) is 9.79 Å². The summed E-state index contributed by atoms with van der Waals surface area (Å²) in [4.78, 5) is 17.2. The highest BCUT2D eigenvalue weighted by molar-refractivity contribution is 6.33. The van der Waals surface area contributed by atoms with Crippen molar-refractivity contribution in [3.63, 3.8) is 0 Å². The molecule has 5 heteroatoms. The molecule has 0 radical (unpaired) electrons. The van der Waals surface area contributed by atoms with Gasteiger partial charge in [-0.1, -0.05) is 53.0 Å². The molecule has 1 amide bonds. The maximum absolute atomic E-state index is 12.7. The number of carbonyl (C=O) groups excluding carboxylic acids is 1. The average Bonchev–Trinajstić information content (AvgIpc) is 2.78. The van der Waals surface area contributed by atoms with E-state index < -0.39 is 6.04 Å². The molecule has 2 aromatic carbocycles. The fourth-order valence-corrected chi connectivity index (χ4v) is 2.74. The quantitative estimate of drug-likeness (QED) is 0.630. The van der Waals surface area contributed by atoms with E-state index in [1.165, 1.54) is 0 Å². The smallest absolute Gasteiger partial charge is 0.268 e. The van der Waals surface area contributed by atoms with Crippen LogP contribution < -0.4 is 5.01 Å². The molecule has 116 valence electrons. The number of aliphatic imine (C=N–C) groups is 1. The lowest BCUT2D eigenvalue weighted by molar-refractivity contribution is -0.495. The molecule has 0 fully saturated rings. The van der Waals surface area contributed by atoms with E-state index in [-0.39, 0.29) is 5.91 Å². The molecular formula is C18H17ClN3O+. The summed E-state index contributed by atoms with van der Waals surface area (Å²) in [5, 5.41) is 2.26. The number of hydrogen-bond acceptors (Lipinski definition) is 2. The van der Waals surface area contributed by atoms with Gasteiger partial charge in [0.05, 0.1) is 0 Å². The van der Waals surface area contributed by atoms with Crippen molar-refractivity contribution >= 4 is 35.1 Å². The molecule has 0 aromatic heterocycles. The Bertz CT molecular complexity index is 799. The number of benzene rings is 2. The standard InChI is InChI=1S/C18H17ClN3O/c1-13-17(20-12-14-8-6-7-11-16(14)19)18(23)22(21(13)2)15-9-4-3-5-10-15/h3-12,17H,1-2H3/q+1/t17-/m0/s1. The molecule has 1 heterocycles. The lowest BCUT2D eigenvalue weighted by Crippen LogP contribution is -2.35. The second-order valence-corrected chi connectivity index (χ2v) is 5.76. The van der Waals surface area contributed by atoms with E-state index in [0.29, 0.717) is 5.02 Å². The van der Waals surface area contributed by atoms with Gasteiger partial charge in [0.2, 0.25) is 11.8 Å². The number of halogens is 1. The summed E-state index contributed by atoms with van der Waals surface area (Å²) in [6.07, 6.45) is 1.66. The summed E-state index contributed by atoms with van der Waals surface area (Å²) in [5.74, 6) is -0.0699. The van der Waals surface area contributed by atoms with Gasteiger partial charge >= 0.3 is 5.91 Å². The minimum absolute atomic E-state index is 0.0699. The minimum atomic E-state index is -0.531. The fraction of sp³-hybridized carbons (Fsp3) is 0.167. The average molecular weight is 327 g/mol. The van der Waals surface area contributed by atoms with Crippen LogP contribution in [0, 0.1) is 0 Å². The number of rotatable bonds is 3. The summed E-state index contributed by atoms with van der Waals surface area (Å²) >= 11 is 6.13. The predicted octanol–water partition coefficient (Wildman–Crippen LogP) is 3.19. The van der Waals surface area contributed by atoms with E-state index in [0.717, 1.165) is 17.0 Å². The van der Waals surface area contributed by atoms with Crippen molar-refractivity contribution < 1.29 is 9.48 Å². The van der Waals surface area contributed by atoms with E-state index in [2.05, 4.69) is 4.99 Å². The summed E-state index contributed by atoms with van der Waals surface area (Å²) < 4.78 is 1.84. The molecule has 0 aliphatic carbocycles. The predicted molar refractivity (Wildman–Crippen MR) is 93.6 cm³/mol. The number of anilines is 1. The fourth-order valence-electron chi connectivity index (χ4n) is 2.55. The lowest BCUT2D eigenvalue weighted by atomic mass is 10.2. The summed E-state index contributed by atoms with van der Waals surface area (Å²) in [6.45, 7) is 1.91. The second kappa shape index (κ2) is 6.34. The second-order valence-electron chi connectivity index (χ2n) is 5.35. The Morgan fingerprint density at radius 1 is 1.13 bits per heavy atom. The number of carbonyl (C=O) groups is 1. The SMILES string of the molecule is CC1=[N+](C)N(c2ccccc2)C(=O)[C@H]1N=Cc1ccccc1Cl. The van der Waals surface area contributed by atoms with Crippen LogP contribution in [-0.4, -0.2) is 35.6 Å². The molecule has 1 atom stereocenters. The first-order valence-corrected chi connectivity index (χ1v) is 7.71. The topological polar surface area (TPSA) is 35.7 Å². The van der Waals surface area contributed by atoms with Gasteiger partial charge in [0.25, 0.3) is 0 Å². The van der Waals surface area contributed by atoms with Crippen molar-refractivity contribution in [3.05, 3.63) is 65.2 Å². The van der Waals surface area contributed by atoms with Crippen LogP contribution in [0.4, 0.5) is 5.69 Å². The number of hydrazine groups is 1. The molecule has 0 saturated carbocycles. The normalized spacial score (nSPS) is 18.3. The molecule has 3 rings (SSSR count). The maximum Gasteiger partial charge on any atom is 0.318 e. The Hall–Kier alpha value is -2.46. The molecule has 23 heavy (non-hydrogen) atoms. The molecule has 1 aliphatic heterocycles. The highest BCUT2D eigenvalue weighted by Gasteiger charge is 2.44. The molecule has 0 N–H and O–H groups in total. The van der Waals surface area contributed by atoms with E-state index in [1.54, 1.807) is 17.3 Å². The first kappa shape index (κ1) is 15.4. The summed E-state index contributed by atoms with van der Waals surface area (Å²) in [6, 6.07) is 16.5.